The van der Waals surface area contributed by atoms with E-state index in [1.807, 2.05) is 5.32 Å². The van der Waals surface area contributed by atoms with Gasteiger partial charge in [-0.05, 0) is 19.4 Å². The van der Waals surface area contributed by atoms with Crippen molar-refractivity contribution < 1.29 is 27.4 Å². The van der Waals surface area contributed by atoms with E-state index in [2.05, 4.69) is 4.74 Å². The summed E-state index contributed by atoms with van der Waals surface area (Å²) in [5, 5.41) is 2.02. The Balaban J connectivity index is 2.44. The van der Waals surface area contributed by atoms with E-state index in [4.69, 9.17) is 4.74 Å². The fraction of sp³-hybridized carbons (Fsp3) is 0.500. The van der Waals surface area contributed by atoms with Gasteiger partial charge in [-0.15, -0.1) is 0 Å². The smallest absolute Gasteiger partial charge is 0.430 e. The van der Waals surface area contributed by atoms with Crippen LogP contribution in [-0.2, 0) is 11.2 Å². The molecule has 1 N–H and O–H groups in total. The largest absolute Gasteiger partial charge is 0.487 e. The molecule has 0 saturated heterocycles. The van der Waals surface area contributed by atoms with Gasteiger partial charge in [0.2, 0.25) is 6.10 Å². The molecule has 0 radical (unpaired) electrons. The number of carbonyl (C=O) groups excluding carboxylic acids is 1. The van der Waals surface area contributed by atoms with Crippen LogP contribution in [0.25, 0.3) is 0 Å². The molecular formula is C14H16F3NO3. The summed E-state index contributed by atoms with van der Waals surface area (Å²) in [7, 11) is 1.20. The number of hydrogen-bond donors (Lipinski definition) is 1. The third-order valence-corrected chi connectivity index (χ3v) is 3.13. The van der Waals surface area contributed by atoms with Gasteiger partial charge < -0.3 is 14.8 Å². The molecule has 7 heteroatoms. The lowest BCUT2D eigenvalue weighted by molar-refractivity contribution is -0.206. The molecule has 0 saturated carbocycles. The SMILES string of the molecule is CNC(=O)OC(c1cccc2c1OC(C)(C)C2)C(F)(F)F. The maximum absolute atomic E-state index is 13.2. The Bertz CT molecular complexity index is 555. The third-order valence-electron chi connectivity index (χ3n) is 3.13. The normalized spacial score (nSPS) is 17.6. The highest BCUT2D eigenvalue weighted by Crippen LogP contribution is 2.45. The van der Waals surface area contributed by atoms with Gasteiger partial charge >= 0.3 is 12.3 Å². The molecular weight excluding hydrogens is 287 g/mol. The molecule has 0 spiro atoms. The summed E-state index contributed by atoms with van der Waals surface area (Å²) in [5.74, 6) is 0.147. The van der Waals surface area contributed by atoms with Crippen LogP contribution in [0.3, 0.4) is 0 Å². The lowest BCUT2D eigenvalue weighted by Gasteiger charge is -2.24. The minimum Gasteiger partial charge on any atom is -0.487 e. The molecule has 2 rings (SSSR count). The Morgan fingerprint density at radius 3 is 2.67 bits per heavy atom. The van der Waals surface area contributed by atoms with Gasteiger partial charge in [-0.3, -0.25) is 0 Å². The summed E-state index contributed by atoms with van der Waals surface area (Å²) < 4.78 is 49.7. The van der Waals surface area contributed by atoms with Crippen LogP contribution in [0.2, 0.25) is 0 Å². The zero-order valence-corrected chi connectivity index (χ0v) is 11.9. The van der Waals surface area contributed by atoms with Crippen molar-refractivity contribution in [3.8, 4) is 5.75 Å². The first-order chi connectivity index (χ1) is 9.64. The molecule has 0 bridgehead atoms. The molecule has 1 amide bonds. The van der Waals surface area contributed by atoms with Gasteiger partial charge in [-0.2, -0.15) is 13.2 Å². The average molecular weight is 303 g/mol. The van der Waals surface area contributed by atoms with Crippen LogP contribution < -0.4 is 10.1 Å². The first-order valence-electron chi connectivity index (χ1n) is 6.40. The van der Waals surface area contributed by atoms with Crippen LogP contribution in [0.15, 0.2) is 18.2 Å². The first kappa shape index (κ1) is 15.5. The zero-order chi connectivity index (χ0) is 15.8. The van der Waals surface area contributed by atoms with Crippen LogP contribution in [0.1, 0.15) is 31.1 Å². The number of benzene rings is 1. The summed E-state index contributed by atoms with van der Waals surface area (Å²) in [6.45, 7) is 3.58. The van der Waals surface area contributed by atoms with Crippen molar-refractivity contribution in [2.75, 3.05) is 7.05 Å². The van der Waals surface area contributed by atoms with Crippen molar-refractivity contribution in [1.82, 2.24) is 5.32 Å². The molecule has 1 aromatic carbocycles. The van der Waals surface area contributed by atoms with Crippen LogP contribution in [0.5, 0.6) is 5.75 Å². The van der Waals surface area contributed by atoms with E-state index in [1.54, 1.807) is 19.9 Å². The van der Waals surface area contributed by atoms with Crippen LogP contribution in [0.4, 0.5) is 18.0 Å². The van der Waals surface area contributed by atoms with Gasteiger partial charge in [0.05, 0.1) is 0 Å². The second-order valence-electron chi connectivity index (χ2n) is 5.45. The minimum atomic E-state index is -4.72. The minimum absolute atomic E-state index is 0.147. The molecule has 0 fully saturated rings. The molecule has 1 aliphatic heterocycles. The van der Waals surface area contributed by atoms with E-state index in [0.717, 1.165) is 0 Å². The Morgan fingerprint density at radius 2 is 2.10 bits per heavy atom. The van der Waals surface area contributed by atoms with E-state index in [-0.39, 0.29) is 11.3 Å². The van der Waals surface area contributed by atoms with E-state index >= 15 is 0 Å². The topological polar surface area (TPSA) is 47.6 Å². The Morgan fingerprint density at radius 1 is 1.43 bits per heavy atom. The van der Waals surface area contributed by atoms with Crippen LogP contribution in [-0.4, -0.2) is 24.9 Å². The standard InChI is InChI=1S/C14H16F3NO3/c1-13(2)7-8-5-4-6-9(10(8)21-13)11(14(15,16)17)20-12(19)18-3/h4-6,11H,7H2,1-3H3,(H,18,19). The van der Waals surface area contributed by atoms with E-state index in [9.17, 15) is 18.0 Å². The number of rotatable bonds is 2. The van der Waals surface area contributed by atoms with Gasteiger partial charge in [-0.1, -0.05) is 18.2 Å². The highest BCUT2D eigenvalue weighted by molar-refractivity contribution is 5.67. The quantitative estimate of drug-likeness (QED) is 0.911. The first-order valence-corrected chi connectivity index (χ1v) is 6.40. The third kappa shape index (κ3) is 3.22. The number of carbonyl (C=O) groups is 1. The van der Waals surface area contributed by atoms with Crippen LogP contribution in [0, 0.1) is 0 Å². The Labute approximate surface area is 120 Å². The molecule has 1 atom stereocenters. The highest BCUT2D eigenvalue weighted by atomic mass is 19.4. The predicted octanol–water partition coefficient (Wildman–Crippen LogP) is 3.36. The summed E-state index contributed by atoms with van der Waals surface area (Å²) in [6, 6.07) is 4.48. The predicted molar refractivity (Wildman–Crippen MR) is 69.2 cm³/mol. The molecule has 1 heterocycles. The number of ether oxygens (including phenoxy) is 2. The Kier molecular flexibility index (Phi) is 3.78. The molecule has 1 aliphatic rings. The average Bonchev–Trinajstić information content (AvgIpc) is 2.68. The Hall–Kier alpha value is -1.92. The molecule has 116 valence electrons. The highest BCUT2D eigenvalue weighted by Gasteiger charge is 2.47. The van der Waals surface area contributed by atoms with Gasteiger partial charge in [0, 0.05) is 19.0 Å². The van der Waals surface area contributed by atoms with Crippen molar-refractivity contribution in [2.24, 2.45) is 0 Å². The fourth-order valence-corrected chi connectivity index (χ4v) is 2.32. The molecule has 1 aromatic rings. The van der Waals surface area contributed by atoms with Crippen molar-refractivity contribution in [3.05, 3.63) is 29.3 Å². The molecule has 0 aromatic heterocycles. The van der Waals surface area contributed by atoms with Crippen molar-refractivity contribution in [1.29, 1.82) is 0 Å². The van der Waals surface area contributed by atoms with Gasteiger partial charge in [-0.25, -0.2) is 4.79 Å². The number of fused-ring (bicyclic) bond motifs is 1. The van der Waals surface area contributed by atoms with Crippen LogP contribution >= 0.6 is 0 Å². The van der Waals surface area contributed by atoms with Gasteiger partial charge in [0.25, 0.3) is 0 Å². The summed E-state index contributed by atoms with van der Waals surface area (Å²) in [4.78, 5) is 11.2. The van der Waals surface area contributed by atoms with E-state index in [1.165, 1.54) is 19.2 Å². The van der Waals surface area contributed by atoms with E-state index < -0.39 is 24.0 Å². The fourth-order valence-electron chi connectivity index (χ4n) is 2.32. The van der Waals surface area contributed by atoms with Crippen molar-refractivity contribution >= 4 is 6.09 Å². The second-order valence-corrected chi connectivity index (χ2v) is 5.45. The number of amides is 1. The monoisotopic (exact) mass is 303 g/mol. The molecule has 1 unspecified atom stereocenters. The molecule has 0 aliphatic carbocycles. The molecule has 21 heavy (non-hydrogen) atoms. The van der Waals surface area contributed by atoms with Gasteiger partial charge in [0.15, 0.2) is 0 Å². The number of alkyl carbamates (subject to hydrolysis) is 1. The second kappa shape index (κ2) is 5.13. The zero-order valence-electron chi connectivity index (χ0n) is 11.9. The lowest BCUT2D eigenvalue weighted by Crippen LogP contribution is -2.31. The number of hydrogen-bond acceptors (Lipinski definition) is 3. The maximum atomic E-state index is 13.2. The summed E-state index contributed by atoms with van der Waals surface area (Å²) in [6.07, 6.45) is -7.73. The number of halogens is 3. The number of alkyl halides is 3. The van der Waals surface area contributed by atoms with E-state index in [0.29, 0.717) is 12.0 Å². The number of para-hydroxylation sites is 1. The summed E-state index contributed by atoms with van der Waals surface area (Å²) >= 11 is 0. The summed E-state index contributed by atoms with van der Waals surface area (Å²) in [5.41, 5.74) is -0.0943. The lowest BCUT2D eigenvalue weighted by atomic mass is 9.99. The number of nitrogens with one attached hydrogen (secondary N) is 1. The van der Waals surface area contributed by atoms with Crippen molar-refractivity contribution in [2.45, 2.75) is 38.1 Å². The maximum Gasteiger partial charge on any atom is 0.430 e. The van der Waals surface area contributed by atoms with Gasteiger partial charge in [0.1, 0.15) is 11.4 Å². The molecule has 4 nitrogen and oxygen atoms in total. The van der Waals surface area contributed by atoms with Crippen molar-refractivity contribution in [3.63, 3.8) is 0 Å².